The minimum absolute atomic E-state index is 0.382. The molecular formula is C13H21ClO2. The second-order valence-corrected chi connectivity index (χ2v) is 4.56. The quantitative estimate of drug-likeness (QED) is 0.405. The molecule has 1 rings (SSSR count). The van der Waals surface area contributed by atoms with E-state index in [0.29, 0.717) is 13.2 Å². The zero-order valence-corrected chi connectivity index (χ0v) is 10.8. The molecule has 1 aliphatic heterocycles. The molecule has 1 fully saturated rings. The highest BCUT2D eigenvalue weighted by atomic mass is 35.5. The van der Waals surface area contributed by atoms with Gasteiger partial charge < -0.3 is 9.47 Å². The minimum Gasteiger partial charge on any atom is -0.348 e. The number of rotatable bonds is 6. The maximum absolute atomic E-state index is 5.59. The fraction of sp³-hybridized carbons (Fsp3) is 0.846. The Labute approximate surface area is 104 Å². The molecule has 1 heterocycles. The molecule has 0 aromatic carbocycles. The summed E-state index contributed by atoms with van der Waals surface area (Å²) >= 11 is 5.59. The molecule has 0 saturated carbocycles. The van der Waals surface area contributed by atoms with Crippen LogP contribution in [0.3, 0.4) is 0 Å². The van der Waals surface area contributed by atoms with Crippen LogP contribution in [0.25, 0.3) is 0 Å². The van der Waals surface area contributed by atoms with Gasteiger partial charge in [-0.25, -0.2) is 0 Å². The molecular weight excluding hydrogens is 224 g/mol. The van der Waals surface area contributed by atoms with Crippen molar-refractivity contribution >= 4 is 11.6 Å². The summed E-state index contributed by atoms with van der Waals surface area (Å²) in [5, 5.41) is 0. The van der Waals surface area contributed by atoms with Gasteiger partial charge in [0.15, 0.2) is 5.79 Å². The van der Waals surface area contributed by atoms with E-state index in [0.717, 1.165) is 38.0 Å². The van der Waals surface area contributed by atoms with Gasteiger partial charge in [0.2, 0.25) is 0 Å². The first-order chi connectivity index (χ1) is 7.77. The van der Waals surface area contributed by atoms with Gasteiger partial charge in [-0.2, -0.15) is 0 Å². The first kappa shape index (κ1) is 13.8. The van der Waals surface area contributed by atoms with E-state index in [2.05, 4.69) is 11.8 Å². The van der Waals surface area contributed by atoms with Gasteiger partial charge in [-0.05, 0) is 19.8 Å². The van der Waals surface area contributed by atoms with Gasteiger partial charge in [0.1, 0.15) is 0 Å². The maximum Gasteiger partial charge on any atom is 0.166 e. The second-order valence-electron chi connectivity index (χ2n) is 4.18. The van der Waals surface area contributed by atoms with Gasteiger partial charge in [0.05, 0.1) is 13.2 Å². The molecule has 0 amide bonds. The first-order valence-electron chi connectivity index (χ1n) is 6.06. The van der Waals surface area contributed by atoms with E-state index < -0.39 is 0 Å². The second kappa shape index (κ2) is 7.95. The number of alkyl halides is 1. The van der Waals surface area contributed by atoms with Crippen molar-refractivity contribution < 1.29 is 9.47 Å². The predicted molar refractivity (Wildman–Crippen MR) is 66.5 cm³/mol. The van der Waals surface area contributed by atoms with Crippen LogP contribution in [0.1, 0.15) is 45.4 Å². The highest BCUT2D eigenvalue weighted by molar-refractivity contribution is 6.17. The highest BCUT2D eigenvalue weighted by Gasteiger charge is 2.29. The van der Waals surface area contributed by atoms with Crippen LogP contribution >= 0.6 is 11.6 Å². The third-order valence-electron chi connectivity index (χ3n) is 2.66. The third kappa shape index (κ3) is 5.75. The smallest absolute Gasteiger partial charge is 0.166 e. The van der Waals surface area contributed by atoms with E-state index in [9.17, 15) is 0 Å². The molecule has 1 saturated heterocycles. The van der Waals surface area contributed by atoms with E-state index in [1.54, 1.807) is 0 Å². The summed E-state index contributed by atoms with van der Waals surface area (Å²) in [6.07, 6.45) is 6.14. The number of hydrogen-bond acceptors (Lipinski definition) is 2. The van der Waals surface area contributed by atoms with E-state index in [4.69, 9.17) is 21.1 Å². The summed E-state index contributed by atoms with van der Waals surface area (Å²) in [4.78, 5) is 0. The molecule has 0 radical (unpaired) electrons. The molecule has 0 spiro atoms. The Bertz CT molecular complexity index is 236. The van der Waals surface area contributed by atoms with Gasteiger partial charge in [-0.3, -0.25) is 0 Å². The van der Waals surface area contributed by atoms with Crippen LogP contribution in [-0.4, -0.2) is 24.9 Å². The van der Waals surface area contributed by atoms with Crippen molar-refractivity contribution in [3.8, 4) is 11.8 Å². The topological polar surface area (TPSA) is 18.5 Å². The van der Waals surface area contributed by atoms with Crippen molar-refractivity contribution in [3.05, 3.63) is 0 Å². The third-order valence-corrected chi connectivity index (χ3v) is 2.93. The number of halogens is 1. The normalized spacial score (nSPS) is 18.1. The molecule has 0 aromatic rings. The van der Waals surface area contributed by atoms with Crippen LogP contribution < -0.4 is 0 Å². The molecule has 0 bridgehead atoms. The summed E-state index contributed by atoms with van der Waals surface area (Å²) < 4.78 is 11.0. The van der Waals surface area contributed by atoms with Crippen LogP contribution in [0.15, 0.2) is 0 Å². The van der Waals surface area contributed by atoms with E-state index in [1.165, 1.54) is 6.42 Å². The minimum atomic E-state index is -0.382. The average molecular weight is 245 g/mol. The molecule has 0 aliphatic carbocycles. The molecule has 0 atom stereocenters. The Morgan fingerprint density at radius 3 is 2.44 bits per heavy atom. The van der Waals surface area contributed by atoms with Gasteiger partial charge in [-0.1, -0.05) is 6.42 Å². The lowest BCUT2D eigenvalue weighted by atomic mass is 10.1. The highest BCUT2D eigenvalue weighted by Crippen LogP contribution is 2.23. The summed E-state index contributed by atoms with van der Waals surface area (Å²) in [7, 11) is 0. The molecule has 16 heavy (non-hydrogen) atoms. The van der Waals surface area contributed by atoms with Gasteiger partial charge >= 0.3 is 0 Å². The van der Waals surface area contributed by atoms with Crippen molar-refractivity contribution in [2.75, 3.05) is 19.1 Å². The summed E-state index contributed by atoms with van der Waals surface area (Å²) in [6, 6.07) is 0. The molecule has 2 nitrogen and oxygen atoms in total. The molecule has 0 aromatic heterocycles. The van der Waals surface area contributed by atoms with Crippen molar-refractivity contribution in [2.45, 2.75) is 51.2 Å². The monoisotopic (exact) mass is 244 g/mol. The Morgan fingerprint density at radius 1 is 1.06 bits per heavy atom. The SMILES string of the molecule is CC1(CCC#CCCCCCCl)OCCO1. The Morgan fingerprint density at radius 2 is 1.75 bits per heavy atom. The number of hydrogen-bond donors (Lipinski definition) is 0. The molecule has 0 N–H and O–H groups in total. The van der Waals surface area contributed by atoms with Crippen LogP contribution in [-0.2, 0) is 9.47 Å². The summed E-state index contributed by atoms with van der Waals surface area (Å²) in [5.74, 6) is 6.74. The van der Waals surface area contributed by atoms with E-state index >= 15 is 0 Å². The largest absolute Gasteiger partial charge is 0.348 e. The van der Waals surface area contributed by atoms with Gasteiger partial charge in [0.25, 0.3) is 0 Å². The molecule has 0 unspecified atom stereocenters. The molecule has 1 aliphatic rings. The standard InChI is InChI=1S/C13H21ClO2/c1-13(15-11-12-16-13)9-7-5-3-2-4-6-8-10-14/h2,4,6-12H2,1H3. The number of ether oxygens (including phenoxy) is 2. The Balaban J connectivity index is 1.99. The van der Waals surface area contributed by atoms with Crippen molar-refractivity contribution in [3.63, 3.8) is 0 Å². The van der Waals surface area contributed by atoms with Crippen LogP contribution in [0.2, 0.25) is 0 Å². The number of unbranched alkanes of at least 4 members (excludes halogenated alkanes) is 3. The van der Waals surface area contributed by atoms with E-state index in [1.807, 2.05) is 6.92 Å². The summed E-state index contributed by atoms with van der Waals surface area (Å²) in [5.41, 5.74) is 0. The fourth-order valence-corrected chi connectivity index (χ4v) is 1.84. The van der Waals surface area contributed by atoms with Crippen molar-refractivity contribution in [1.82, 2.24) is 0 Å². The lowest BCUT2D eigenvalue weighted by Crippen LogP contribution is -2.24. The van der Waals surface area contributed by atoms with Crippen LogP contribution in [0.5, 0.6) is 0 Å². The Kier molecular flexibility index (Phi) is 6.87. The van der Waals surface area contributed by atoms with Gasteiger partial charge in [0, 0.05) is 25.1 Å². The molecule has 3 heteroatoms. The van der Waals surface area contributed by atoms with E-state index in [-0.39, 0.29) is 5.79 Å². The first-order valence-corrected chi connectivity index (χ1v) is 6.60. The fourth-order valence-electron chi connectivity index (χ4n) is 1.65. The van der Waals surface area contributed by atoms with Crippen LogP contribution in [0, 0.1) is 11.8 Å². The van der Waals surface area contributed by atoms with Gasteiger partial charge in [-0.15, -0.1) is 23.4 Å². The van der Waals surface area contributed by atoms with Crippen molar-refractivity contribution in [1.29, 1.82) is 0 Å². The van der Waals surface area contributed by atoms with Crippen molar-refractivity contribution in [2.24, 2.45) is 0 Å². The average Bonchev–Trinajstić information content (AvgIpc) is 2.70. The summed E-state index contributed by atoms with van der Waals surface area (Å²) in [6.45, 7) is 3.41. The molecule has 92 valence electrons. The maximum atomic E-state index is 5.59. The van der Waals surface area contributed by atoms with Crippen LogP contribution in [0.4, 0.5) is 0 Å². The lowest BCUT2D eigenvalue weighted by Gasteiger charge is -2.20. The predicted octanol–water partition coefficient (Wildman–Crippen LogP) is 3.33. The zero-order valence-electron chi connectivity index (χ0n) is 10.1. The zero-order chi connectivity index (χ0) is 11.7. The lowest BCUT2D eigenvalue weighted by molar-refractivity contribution is -0.145. The Hall–Kier alpha value is -0.230.